The van der Waals surface area contributed by atoms with Crippen LogP contribution in [-0.2, 0) is 20.8 Å². The van der Waals surface area contributed by atoms with E-state index in [9.17, 15) is 23.2 Å². The molecule has 0 fully saturated rings. The van der Waals surface area contributed by atoms with E-state index < -0.39 is 35.5 Å². The first-order chi connectivity index (χ1) is 14.3. The summed E-state index contributed by atoms with van der Waals surface area (Å²) >= 11 is 0. The Labute approximate surface area is 173 Å². The van der Waals surface area contributed by atoms with Gasteiger partial charge >= 0.3 is 0 Å². The highest BCUT2D eigenvalue weighted by atomic mass is 19.2. The molecule has 8 heteroatoms. The minimum absolute atomic E-state index is 0.0617. The zero-order chi connectivity index (χ0) is 21.8. The van der Waals surface area contributed by atoms with Crippen molar-refractivity contribution < 1.29 is 23.2 Å². The number of rotatable bonds is 5. The van der Waals surface area contributed by atoms with Crippen LogP contribution in [-0.4, -0.2) is 36.2 Å². The van der Waals surface area contributed by atoms with Gasteiger partial charge in [-0.05, 0) is 35.2 Å². The van der Waals surface area contributed by atoms with Crippen molar-refractivity contribution in [3.05, 3.63) is 70.8 Å². The molecule has 2 aromatic rings. The fourth-order valence-electron chi connectivity index (χ4n) is 3.78. The topological polar surface area (TPSA) is 78.5 Å². The third-order valence-electron chi connectivity index (χ3n) is 5.29. The Kier molecular flexibility index (Phi) is 6.44. The summed E-state index contributed by atoms with van der Waals surface area (Å²) in [5.41, 5.74) is 2.07. The lowest BCUT2D eigenvalue weighted by Gasteiger charge is -2.36. The highest BCUT2D eigenvalue weighted by Gasteiger charge is 2.32. The SMILES string of the molecule is CNC(=O)C(NC(=O)CC1c2ccccc2CCN1C(C)=O)c1ccc(F)c(F)c1. The lowest BCUT2D eigenvalue weighted by molar-refractivity contribution is -0.134. The van der Waals surface area contributed by atoms with Gasteiger partial charge in [0, 0.05) is 20.5 Å². The molecule has 2 aromatic carbocycles. The molecule has 0 bridgehead atoms. The number of fused-ring (bicyclic) bond motifs is 1. The fraction of sp³-hybridized carbons (Fsp3) is 0.318. The van der Waals surface area contributed by atoms with E-state index in [4.69, 9.17) is 0 Å². The highest BCUT2D eigenvalue weighted by molar-refractivity contribution is 5.89. The second-order valence-corrected chi connectivity index (χ2v) is 7.17. The highest BCUT2D eigenvalue weighted by Crippen LogP contribution is 2.32. The molecular weight excluding hydrogens is 392 g/mol. The average Bonchev–Trinajstić information content (AvgIpc) is 2.73. The molecule has 0 aliphatic carbocycles. The van der Waals surface area contributed by atoms with E-state index in [0.717, 1.165) is 23.3 Å². The van der Waals surface area contributed by atoms with Crippen LogP contribution < -0.4 is 10.6 Å². The zero-order valence-electron chi connectivity index (χ0n) is 16.7. The van der Waals surface area contributed by atoms with E-state index in [1.165, 1.54) is 20.0 Å². The van der Waals surface area contributed by atoms with Gasteiger partial charge in [-0.3, -0.25) is 14.4 Å². The van der Waals surface area contributed by atoms with Crippen molar-refractivity contribution in [3.8, 4) is 0 Å². The number of hydrogen-bond donors (Lipinski definition) is 2. The van der Waals surface area contributed by atoms with Gasteiger partial charge < -0.3 is 15.5 Å². The number of carbonyl (C=O) groups excluding carboxylic acids is 3. The largest absolute Gasteiger partial charge is 0.357 e. The quantitative estimate of drug-likeness (QED) is 0.787. The molecular formula is C22H23F2N3O3. The van der Waals surface area contributed by atoms with E-state index in [2.05, 4.69) is 10.6 Å². The second kappa shape index (κ2) is 9.02. The van der Waals surface area contributed by atoms with Gasteiger partial charge in [0.1, 0.15) is 6.04 Å². The van der Waals surface area contributed by atoms with Crippen molar-refractivity contribution in [2.24, 2.45) is 0 Å². The molecule has 1 aliphatic rings. The molecule has 0 spiro atoms. The lowest BCUT2D eigenvalue weighted by atomic mass is 9.90. The molecule has 158 valence electrons. The van der Waals surface area contributed by atoms with Crippen molar-refractivity contribution in [1.82, 2.24) is 15.5 Å². The first kappa shape index (κ1) is 21.4. The third kappa shape index (κ3) is 4.48. The lowest BCUT2D eigenvalue weighted by Crippen LogP contribution is -2.43. The first-order valence-electron chi connectivity index (χ1n) is 9.62. The standard InChI is InChI=1S/C22H23F2N3O3/c1-13(28)27-10-9-14-5-3-4-6-16(14)19(27)12-20(29)26-21(22(30)25-2)15-7-8-17(23)18(24)11-15/h3-8,11,19,21H,9-10,12H2,1-2H3,(H,25,30)(H,26,29). The van der Waals surface area contributed by atoms with Crippen LogP contribution in [0.1, 0.15) is 42.1 Å². The number of nitrogens with zero attached hydrogens (tertiary/aromatic N) is 1. The molecule has 0 saturated heterocycles. The summed E-state index contributed by atoms with van der Waals surface area (Å²) in [4.78, 5) is 38.9. The number of benzene rings is 2. The van der Waals surface area contributed by atoms with Crippen LogP contribution >= 0.6 is 0 Å². The van der Waals surface area contributed by atoms with Crippen molar-refractivity contribution in [2.45, 2.75) is 31.8 Å². The maximum Gasteiger partial charge on any atom is 0.246 e. The maximum absolute atomic E-state index is 13.7. The molecule has 2 N–H and O–H groups in total. The molecule has 3 rings (SSSR count). The number of nitrogens with one attached hydrogen (secondary N) is 2. The molecule has 0 radical (unpaired) electrons. The maximum atomic E-state index is 13.7. The van der Waals surface area contributed by atoms with Crippen molar-refractivity contribution in [3.63, 3.8) is 0 Å². The Morgan fingerprint density at radius 2 is 1.87 bits per heavy atom. The van der Waals surface area contributed by atoms with Crippen molar-refractivity contribution in [1.29, 1.82) is 0 Å². The minimum atomic E-state index is -1.19. The van der Waals surface area contributed by atoms with Crippen LogP contribution in [0.15, 0.2) is 42.5 Å². The van der Waals surface area contributed by atoms with E-state index in [0.29, 0.717) is 13.0 Å². The van der Waals surface area contributed by atoms with Gasteiger partial charge in [-0.2, -0.15) is 0 Å². The summed E-state index contributed by atoms with van der Waals surface area (Å²) in [6.07, 6.45) is 0.636. The van der Waals surface area contributed by atoms with Crippen LogP contribution in [0.3, 0.4) is 0 Å². The summed E-state index contributed by atoms with van der Waals surface area (Å²) in [6.45, 7) is 1.94. The van der Waals surface area contributed by atoms with E-state index in [1.54, 1.807) is 4.90 Å². The molecule has 0 aromatic heterocycles. The summed E-state index contributed by atoms with van der Waals surface area (Å²) in [6, 6.07) is 8.97. The Bertz CT molecular complexity index is 980. The molecule has 2 unspecified atom stereocenters. The van der Waals surface area contributed by atoms with Gasteiger partial charge in [0.05, 0.1) is 12.5 Å². The van der Waals surface area contributed by atoms with E-state index in [-0.39, 0.29) is 17.9 Å². The first-order valence-corrected chi connectivity index (χ1v) is 9.62. The summed E-state index contributed by atoms with van der Waals surface area (Å²) in [5.74, 6) is -3.36. The predicted molar refractivity (Wildman–Crippen MR) is 106 cm³/mol. The van der Waals surface area contributed by atoms with E-state index in [1.807, 2.05) is 24.3 Å². The van der Waals surface area contributed by atoms with Gasteiger partial charge in [0.25, 0.3) is 0 Å². The number of likely N-dealkylation sites (N-methyl/N-ethyl adjacent to an activating group) is 1. The van der Waals surface area contributed by atoms with Crippen molar-refractivity contribution >= 4 is 17.7 Å². The molecule has 2 atom stereocenters. The summed E-state index contributed by atoms with van der Waals surface area (Å²) in [5, 5.41) is 5.01. The Hall–Kier alpha value is -3.29. The third-order valence-corrected chi connectivity index (χ3v) is 5.29. The van der Waals surface area contributed by atoms with Crippen LogP contribution in [0.2, 0.25) is 0 Å². The van der Waals surface area contributed by atoms with Crippen LogP contribution in [0, 0.1) is 11.6 Å². The molecule has 3 amide bonds. The van der Waals surface area contributed by atoms with Gasteiger partial charge in [-0.25, -0.2) is 8.78 Å². The summed E-state index contributed by atoms with van der Waals surface area (Å²) in [7, 11) is 1.39. The number of amides is 3. The smallest absolute Gasteiger partial charge is 0.246 e. The zero-order valence-corrected chi connectivity index (χ0v) is 16.7. The second-order valence-electron chi connectivity index (χ2n) is 7.17. The number of carbonyl (C=O) groups is 3. The average molecular weight is 415 g/mol. The van der Waals surface area contributed by atoms with Crippen LogP contribution in [0.25, 0.3) is 0 Å². The molecule has 1 aliphatic heterocycles. The van der Waals surface area contributed by atoms with Gasteiger partial charge in [-0.1, -0.05) is 30.3 Å². The Morgan fingerprint density at radius 1 is 1.13 bits per heavy atom. The number of halogens is 2. The number of hydrogen-bond acceptors (Lipinski definition) is 3. The Morgan fingerprint density at radius 3 is 2.53 bits per heavy atom. The van der Waals surface area contributed by atoms with E-state index >= 15 is 0 Å². The minimum Gasteiger partial charge on any atom is -0.357 e. The molecule has 6 nitrogen and oxygen atoms in total. The predicted octanol–water partition coefficient (Wildman–Crippen LogP) is 2.40. The summed E-state index contributed by atoms with van der Waals surface area (Å²) < 4.78 is 26.9. The normalized spacial score (nSPS) is 16.4. The van der Waals surface area contributed by atoms with Gasteiger partial charge in [0.2, 0.25) is 17.7 Å². The van der Waals surface area contributed by atoms with Crippen molar-refractivity contribution in [2.75, 3.05) is 13.6 Å². The Balaban J connectivity index is 1.84. The monoisotopic (exact) mass is 415 g/mol. The molecule has 30 heavy (non-hydrogen) atoms. The molecule has 0 saturated carbocycles. The van der Waals surface area contributed by atoms with Crippen LogP contribution in [0.5, 0.6) is 0 Å². The molecule has 1 heterocycles. The fourth-order valence-corrected chi connectivity index (χ4v) is 3.78. The van der Waals surface area contributed by atoms with Gasteiger partial charge in [0.15, 0.2) is 11.6 Å². The van der Waals surface area contributed by atoms with Crippen LogP contribution in [0.4, 0.5) is 8.78 Å². The van der Waals surface area contributed by atoms with Gasteiger partial charge in [-0.15, -0.1) is 0 Å².